The van der Waals surface area contributed by atoms with E-state index in [-0.39, 0.29) is 0 Å². The first-order chi connectivity index (χ1) is 8.42. The zero-order chi connectivity index (χ0) is 11.5. The van der Waals surface area contributed by atoms with Crippen molar-refractivity contribution >= 4 is 0 Å². The van der Waals surface area contributed by atoms with E-state index in [9.17, 15) is 0 Å². The van der Waals surface area contributed by atoms with Crippen LogP contribution in [0, 0.1) is 0 Å². The molecular formula is C14H15N3. The molecule has 3 N–H and O–H groups in total. The van der Waals surface area contributed by atoms with Crippen molar-refractivity contribution in [3.8, 4) is 0 Å². The standard InChI is InChI=1S/C14H15N3/c1-3-12(15-6-1)9-11-5-8-17-14(11)10-13-4-2-7-16-13/h1-8,15-17H,9-10H2. The summed E-state index contributed by atoms with van der Waals surface area (Å²) in [5.74, 6) is 0. The number of rotatable bonds is 4. The highest BCUT2D eigenvalue weighted by atomic mass is 14.7. The lowest BCUT2D eigenvalue weighted by molar-refractivity contribution is 1.00. The Morgan fingerprint density at radius 3 is 2.06 bits per heavy atom. The monoisotopic (exact) mass is 225 g/mol. The molecule has 0 unspecified atom stereocenters. The number of hydrogen-bond acceptors (Lipinski definition) is 0. The van der Waals surface area contributed by atoms with Crippen molar-refractivity contribution < 1.29 is 0 Å². The van der Waals surface area contributed by atoms with Crippen molar-refractivity contribution in [1.82, 2.24) is 15.0 Å². The van der Waals surface area contributed by atoms with Crippen molar-refractivity contribution in [3.63, 3.8) is 0 Å². The van der Waals surface area contributed by atoms with Crippen LogP contribution in [0.1, 0.15) is 22.6 Å². The fourth-order valence-corrected chi connectivity index (χ4v) is 2.12. The maximum absolute atomic E-state index is 3.32. The third kappa shape index (κ3) is 2.18. The van der Waals surface area contributed by atoms with Gasteiger partial charge in [-0.3, -0.25) is 0 Å². The second kappa shape index (κ2) is 4.37. The molecule has 0 aromatic carbocycles. The average Bonchev–Trinajstić information content (AvgIpc) is 3.04. The summed E-state index contributed by atoms with van der Waals surface area (Å²) in [6, 6.07) is 10.4. The SMILES string of the molecule is c1c[nH]c(Cc2cc[nH]c2Cc2ccc[nH]2)c1. The first-order valence-electron chi connectivity index (χ1n) is 5.81. The van der Waals surface area contributed by atoms with Crippen LogP contribution >= 0.6 is 0 Å². The van der Waals surface area contributed by atoms with Crippen LogP contribution < -0.4 is 0 Å². The summed E-state index contributed by atoms with van der Waals surface area (Å²) in [5.41, 5.74) is 5.11. The van der Waals surface area contributed by atoms with Crippen LogP contribution in [-0.4, -0.2) is 15.0 Å². The van der Waals surface area contributed by atoms with Gasteiger partial charge in [0.25, 0.3) is 0 Å². The largest absolute Gasteiger partial charge is 0.365 e. The minimum atomic E-state index is 0.927. The Morgan fingerprint density at radius 2 is 1.41 bits per heavy atom. The molecule has 0 bridgehead atoms. The molecule has 3 nitrogen and oxygen atoms in total. The maximum atomic E-state index is 3.32. The molecule has 0 amide bonds. The fourth-order valence-electron chi connectivity index (χ4n) is 2.12. The molecule has 3 heterocycles. The molecule has 3 aromatic rings. The van der Waals surface area contributed by atoms with Crippen LogP contribution in [0.4, 0.5) is 0 Å². The second-order valence-electron chi connectivity index (χ2n) is 4.23. The minimum Gasteiger partial charge on any atom is -0.365 e. The van der Waals surface area contributed by atoms with Gasteiger partial charge in [0, 0.05) is 48.5 Å². The zero-order valence-electron chi connectivity index (χ0n) is 9.53. The van der Waals surface area contributed by atoms with Crippen molar-refractivity contribution in [2.45, 2.75) is 12.8 Å². The van der Waals surface area contributed by atoms with Crippen molar-refractivity contribution in [1.29, 1.82) is 0 Å². The highest BCUT2D eigenvalue weighted by Crippen LogP contribution is 2.15. The third-order valence-electron chi connectivity index (χ3n) is 3.00. The van der Waals surface area contributed by atoms with Crippen molar-refractivity contribution in [2.24, 2.45) is 0 Å². The lowest BCUT2D eigenvalue weighted by Crippen LogP contribution is -1.95. The Hall–Kier alpha value is -2.16. The molecule has 3 heteroatoms. The molecule has 0 radical (unpaired) electrons. The summed E-state index contributed by atoms with van der Waals surface area (Å²) in [6.07, 6.45) is 7.81. The number of nitrogens with one attached hydrogen (secondary N) is 3. The predicted octanol–water partition coefficient (Wildman–Crippen LogP) is 2.85. The van der Waals surface area contributed by atoms with E-state index >= 15 is 0 Å². The summed E-state index contributed by atoms with van der Waals surface area (Å²) < 4.78 is 0. The van der Waals surface area contributed by atoms with Gasteiger partial charge in [-0.25, -0.2) is 0 Å². The number of aromatic nitrogens is 3. The molecule has 3 aromatic heterocycles. The summed E-state index contributed by atoms with van der Waals surface area (Å²) in [6.45, 7) is 0. The lowest BCUT2D eigenvalue weighted by Gasteiger charge is -2.02. The van der Waals surface area contributed by atoms with Crippen molar-refractivity contribution in [2.75, 3.05) is 0 Å². The van der Waals surface area contributed by atoms with Gasteiger partial charge >= 0.3 is 0 Å². The van der Waals surface area contributed by atoms with Crippen LogP contribution in [-0.2, 0) is 12.8 Å². The molecule has 0 spiro atoms. The van der Waals surface area contributed by atoms with E-state index in [0.29, 0.717) is 0 Å². The molecule has 0 aliphatic rings. The number of H-pyrrole nitrogens is 3. The van der Waals surface area contributed by atoms with Crippen LogP contribution in [0.5, 0.6) is 0 Å². The van der Waals surface area contributed by atoms with Gasteiger partial charge in [-0.1, -0.05) is 0 Å². The van der Waals surface area contributed by atoms with Crippen LogP contribution in [0.3, 0.4) is 0 Å². The summed E-state index contributed by atoms with van der Waals surface area (Å²) >= 11 is 0. The highest BCUT2D eigenvalue weighted by Gasteiger charge is 2.06. The first kappa shape index (κ1) is 10.0. The van der Waals surface area contributed by atoms with Gasteiger partial charge in [0.05, 0.1) is 0 Å². The van der Waals surface area contributed by atoms with Gasteiger partial charge in [0.15, 0.2) is 0 Å². The average molecular weight is 225 g/mol. The molecule has 0 atom stereocenters. The molecule has 0 aliphatic heterocycles. The summed E-state index contributed by atoms with van der Waals surface area (Å²) in [7, 11) is 0. The van der Waals surface area contributed by atoms with E-state index in [2.05, 4.69) is 33.2 Å². The molecule has 0 aliphatic carbocycles. The summed E-state index contributed by atoms with van der Waals surface area (Å²) in [4.78, 5) is 9.80. The quantitative estimate of drug-likeness (QED) is 0.611. The molecular weight excluding hydrogens is 210 g/mol. The van der Waals surface area contributed by atoms with Crippen LogP contribution in [0.25, 0.3) is 0 Å². The molecule has 0 saturated carbocycles. The van der Waals surface area contributed by atoms with E-state index in [0.717, 1.165) is 12.8 Å². The Bertz CT molecular complexity index is 508. The second-order valence-corrected chi connectivity index (χ2v) is 4.23. The first-order valence-corrected chi connectivity index (χ1v) is 5.81. The zero-order valence-corrected chi connectivity index (χ0v) is 9.53. The molecule has 3 rings (SSSR count). The molecule has 86 valence electrons. The lowest BCUT2D eigenvalue weighted by atomic mass is 10.1. The van der Waals surface area contributed by atoms with Gasteiger partial charge < -0.3 is 15.0 Å². The van der Waals surface area contributed by atoms with Crippen molar-refractivity contribution in [3.05, 3.63) is 71.6 Å². The predicted molar refractivity (Wildman–Crippen MR) is 68.0 cm³/mol. The Kier molecular flexibility index (Phi) is 2.58. The Morgan fingerprint density at radius 1 is 0.706 bits per heavy atom. The van der Waals surface area contributed by atoms with Gasteiger partial charge in [-0.05, 0) is 35.9 Å². The highest BCUT2D eigenvalue weighted by molar-refractivity contribution is 5.29. The van der Waals surface area contributed by atoms with E-state index in [1.54, 1.807) is 0 Å². The molecule has 0 fully saturated rings. The Labute approximate surface area is 99.9 Å². The van der Waals surface area contributed by atoms with E-state index in [1.807, 2.05) is 30.7 Å². The Balaban J connectivity index is 1.79. The van der Waals surface area contributed by atoms with E-state index in [1.165, 1.54) is 22.6 Å². The van der Waals surface area contributed by atoms with Gasteiger partial charge in [0.1, 0.15) is 0 Å². The summed E-state index contributed by atoms with van der Waals surface area (Å²) in [5, 5.41) is 0. The fraction of sp³-hybridized carbons (Fsp3) is 0.143. The number of hydrogen-bond donors (Lipinski definition) is 3. The molecule has 17 heavy (non-hydrogen) atoms. The van der Waals surface area contributed by atoms with Crippen LogP contribution in [0.15, 0.2) is 48.9 Å². The maximum Gasteiger partial charge on any atom is 0.0281 e. The third-order valence-corrected chi connectivity index (χ3v) is 3.00. The van der Waals surface area contributed by atoms with Crippen LogP contribution in [0.2, 0.25) is 0 Å². The van der Waals surface area contributed by atoms with Gasteiger partial charge in [-0.2, -0.15) is 0 Å². The van der Waals surface area contributed by atoms with E-state index < -0.39 is 0 Å². The smallest absolute Gasteiger partial charge is 0.0281 e. The van der Waals surface area contributed by atoms with E-state index in [4.69, 9.17) is 0 Å². The topological polar surface area (TPSA) is 47.4 Å². The van der Waals surface area contributed by atoms with Gasteiger partial charge in [0.2, 0.25) is 0 Å². The number of aromatic amines is 3. The minimum absolute atomic E-state index is 0.927. The van der Waals surface area contributed by atoms with Gasteiger partial charge in [-0.15, -0.1) is 0 Å². The normalized spacial score (nSPS) is 10.8. The molecule has 0 saturated heterocycles.